The van der Waals surface area contributed by atoms with Gasteiger partial charge in [-0.25, -0.2) is 0 Å². The van der Waals surface area contributed by atoms with Crippen molar-refractivity contribution >= 4 is 29.8 Å². The highest BCUT2D eigenvalue weighted by molar-refractivity contribution is 6.31. The highest BCUT2D eigenvalue weighted by Gasteiger charge is 2.01. The maximum Gasteiger partial charge on any atom is 0.176 e. The summed E-state index contributed by atoms with van der Waals surface area (Å²) in [5.74, 6) is -0.0903. The molecule has 2 N–H and O–H groups in total. The van der Waals surface area contributed by atoms with E-state index >= 15 is 0 Å². The lowest BCUT2D eigenvalue weighted by Crippen LogP contribution is -2.13. The van der Waals surface area contributed by atoms with Crippen LogP contribution in [0.15, 0.2) is 24.3 Å². The minimum atomic E-state index is -0.0903. The van der Waals surface area contributed by atoms with Gasteiger partial charge >= 0.3 is 0 Å². The van der Waals surface area contributed by atoms with Crippen LogP contribution in [-0.2, 0) is 0 Å². The predicted molar refractivity (Wildman–Crippen MR) is 52.1 cm³/mol. The summed E-state index contributed by atoms with van der Waals surface area (Å²) in [4.78, 5) is 11.0. The van der Waals surface area contributed by atoms with E-state index in [1.807, 2.05) is 0 Å². The van der Waals surface area contributed by atoms with Gasteiger partial charge in [0, 0.05) is 10.6 Å². The van der Waals surface area contributed by atoms with Gasteiger partial charge in [0.05, 0.1) is 6.54 Å². The molecular formula is C8H9Cl2NO. The number of nitrogens with two attached hydrogens (primary N) is 1. The topological polar surface area (TPSA) is 43.1 Å². The summed E-state index contributed by atoms with van der Waals surface area (Å²) in [6.45, 7) is 0.0281. The Bertz CT molecular complexity index is 276. The van der Waals surface area contributed by atoms with Crippen LogP contribution in [-0.4, -0.2) is 12.3 Å². The van der Waals surface area contributed by atoms with E-state index in [1.165, 1.54) is 0 Å². The lowest BCUT2D eigenvalue weighted by molar-refractivity contribution is 0.100. The van der Waals surface area contributed by atoms with Crippen LogP contribution in [0.2, 0.25) is 5.02 Å². The SMILES string of the molecule is Cl.NCC(=O)c1cccc(Cl)c1. The molecule has 0 saturated carbocycles. The van der Waals surface area contributed by atoms with Gasteiger partial charge in [0.25, 0.3) is 0 Å². The Morgan fingerprint density at radius 1 is 1.50 bits per heavy atom. The van der Waals surface area contributed by atoms with Crippen molar-refractivity contribution in [1.82, 2.24) is 0 Å². The van der Waals surface area contributed by atoms with Gasteiger partial charge < -0.3 is 5.73 Å². The smallest absolute Gasteiger partial charge is 0.176 e. The van der Waals surface area contributed by atoms with E-state index in [-0.39, 0.29) is 24.7 Å². The number of halogens is 2. The predicted octanol–water partition coefficient (Wildman–Crippen LogP) is 1.90. The number of rotatable bonds is 2. The fraction of sp³-hybridized carbons (Fsp3) is 0.125. The second-order valence-electron chi connectivity index (χ2n) is 2.14. The summed E-state index contributed by atoms with van der Waals surface area (Å²) in [7, 11) is 0. The number of hydrogen-bond acceptors (Lipinski definition) is 2. The van der Waals surface area contributed by atoms with E-state index in [0.29, 0.717) is 10.6 Å². The molecule has 66 valence electrons. The second kappa shape index (κ2) is 5.14. The highest BCUT2D eigenvalue weighted by Crippen LogP contribution is 2.10. The average molecular weight is 206 g/mol. The molecule has 0 heterocycles. The summed E-state index contributed by atoms with van der Waals surface area (Å²) in [6, 6.07) is 6.75. The first-order chi connectivity index (χ1) is 5.24. The van der Waals surface area contributed by atoms with E-state index in [4.69, 9.17) is 17.3 Å². The minimum absolute atomic E-state index is 0. The Hall–Kier alpha value is -0.570. The van der Waals surface area contributed by atoms with E-state index in [0.717, 1.165) is 0 Å². The molecule has 0 aromatic heterocycles. The van der Waals surface area contributed by atoms with Crippen molar-refractivity contribution in [2.45, 2.75) is 0 Å². The first kappa shape index (κ1) is 11.4. The van der Waals surface area contributed by atoms with E-state index in [9.17, 15) is 4.79 Å². The molecule has 2 nitrogen and oxygen atoms in total. The summed E-state index contributed by atoms with van der Waals surface area (Å²) in [5.41, 5.74) is 5.73. The summed E-state index contributed by atoms with van der Waals surface area (Å²) >= 11 is 5.65. The normalized spacial score (nSPS) is 8.83. The molecule has 0 aliphatic carbocycles. The van der Waals surface area contributed by atoms with Gasteiger partial charge in [-0.15, -0.1) is 12.4 Å². The van der Waals surface area contributed by atoms with Crippen LogP contribution < -0.4 is 5.73 Å². The van der Waals surface area contributed by atoms with Crippen molar-refractivity contribution in [3.63, 3.8) is 0 Å². The molecule has 0 bridgehead atoms. The first-order valence-electron chi connectivity index (χ1n) is 3.23. The fourth-order valence-electron chi connectivity index (χ4n) is 0.780. The Balaban J connectivity index is 0.00000121. The second-order valence-corrected chi connectivity index (χ2v) is 2.57. The van der Waals surface area contributed by atoms with Gasteiger partial charge in [-0.3, -0.25) is 4.79 Å². The number of benzene rings is 1. The van der Waals surface area contributed by atoms with E-state index < -0.39 is 0 Å². The largest absolute Gasteiger partial charge is 0.324 e. The summed E-state index contributed by atoms with van der Waals surface area (Å²) < 4.78 is 0. The third kappa shape index (κ3) is 2.81. The maximum absolute atomic E-state index is 11.0. The van der Waals surface area contributed by atoms with Crippen LogP contribution in [0.25, 0.3) is 0 Å². The van der Waals surface area contributed by atoms with Crippen LogP contribution in [0.1, 0.15) is 10.4 Å². The molecular weight excluding hydrogens is 197 g/mol. The van der Waals surface area contributed by atoms with Gasteiger partial charge in [-0.2, -0.15) is 0 Å². The molecule has 0 unspecified atom stereocenters. The van der Waals surface area contributed by atoms with Gasteiger partial charge in [0.2, 0.25) is 0 Å². The Morgan fingerprint density at radius 3 is 2.67 bits per heavy atom. The number of ketones is 1. The molecule has 0 spiro atoms. The molecule has 0 aliphatic rings. The molecule has 0 fully saturated rings. The average Bonchev–Trinajstić information content (AvgIpc) is 2.03. The van der Waals surface area contributed by atoms with Crippen LogP contribution in [0.3, 0.4) is 0 Å². The monoisotopic (exact) mass is 205 g/mol. The van der Waals surface area contributed by atoms with Crippen molar-refractivity contribution in [3.05, 3.63) is 34.9 Å². The van der Waals surface area contributed by atoms with Crippen molar-refractivity contribution in [3.8, 4) is 0 Å². The maximum atomic E-state index is 11.0. The van der Waals surface area contributed by atoms with Crippen LogP contribution in [0.4, 0.5) is 0 Å². The molecule has 12 heavy (non-hydrogen) atoms. The third-order valence-corrected chi connectivity index (χ3v) is 1.57. The van der Waals surface area contributed by atoms with Crippen molar-refractivity contribution in [2.24, 2.45) is 5.73 Å². The Morgan fingerprint density at radius 2 is 2.17 bits per heavy atom. The summed E-state index contributed by atoms with van der Waals surface area (Å²) in [6.07, 6.45) is 0. The highest BCUT2D eigenvalue weighted by atomic mass is 35.5. The number of Topliss-reactive ketones (excluding diaryl/α,β-unsaturated/α-hetero) is 1. The molecule has 0 atom stereocenters. The van der Waals surface area contributed by atoms with Crippen molar-refractivity contribution < 1.29 is 4.79 Å². The van der Waals surface area contributed by atoms with E-state index in [1.54, 1.807) is 24.3 Å². The number of carbonyl (C=O) groups excluding carboxylic acids is 1. The molecule has 1 aromatic rings. The van der Waals surface area contributed by atoms with Crippen LogP contribution in [0.5, 0.6) is 0 Å². The van der Waals surface area contributed by atoms with Crippen LogP contribution in [0, 0.1) is 0 Å². The molecule has 0 amide bonds. The zero-order chi connectivity index (χ0) is 8.27. The fourth-order valence-corrected chi connectivity index (χ4v) is 0.970. The number of carbonyl (C=O) groups is 1. The molecule has 1 aromatic carbocycles. The lowest BCUT2D eigenvalue weighted by atomic mass is 10.1. The van der Waals surface area contributed by atoms with Gasteiger partial charge in [-0.05, 0) is 12.1 Å². The molecule has 0 aliphatic heterocycles. The van der Waals surface area contributed by atoms with Crippen molar-refractivity contribution in [2.75, 3.05) is 6.54 Å². The van der Waals surface area contributed by atoms with Gasteiger partial charge in [-0.1, -0.05) is 23.7 Å². The van der Waals surface area contributed by atoms with Gasteiger partial charge in [0.1, 0.15) is 0 Å². The Labute approximate surface area is 82.1 Å². The van der Waals surface area contributed by atoms with E-state index in [2.05, 4.69) is 0 Å². The quantitative estimate of drug-likeness (QED) is 0.751. The standard InChI is InChI=1S/C8H8ClNO.ClH/c9-7-3-1-2-6(4-7)8(11)5-10;/h1-4H,5,10H2;1H. The first-order valence-corrected chi connectivity index (χ1v) is 3.60. The molecule has 0 radical (unpaired) electrons. The molecule has 4 heteroatoms. The number of hydrogen-bond donors (Lipinski definition) is 1. The zero-order valence-corrected chi connectivity index (χ0v) is 7.86. The van der Waals surface area contributed by atoms with Crippen molar-refractivity contribution in [1.29, 1.82) is 0 Å². The van der Waals surface area contributed by atoms with Crippen LogP contribution >= 0.6 is 24.0 Å². The molecule has 0 saturated heterocycles. The summed E-state index contributed by atoms with van der Waals surface area (Å²) in [5, 5.41) is 0.560. The lowest BCUT2D eigenvalue weighted by Gasteiger charge is -1.96. The molecule has 1 rings (SSSR count). The Kier molecular flexibility index (Phi) is 4.90. The zero-order valence-electron chi connectivity index (χ0n) is 6.29. The third-order valence-electron chi connectivity index (χ3n) is 1.33. The van der Waals surface area contributed by atoms with Gasteiger partial charge in [0.15, 0.2) is 5.78 Å². The minimum Gasteiger partial charge on any atom is -0.324 e.